The van der Waals surface area contributed by atoms with E-state index in [9.17, 15) is 4.79 Å². The lowest BCUT2D eigenvalue weighted by atomic mass is 10.1. The predicted octanol–water partition coefficient (Wildman–Crippen LogP) is 3.55. The SMILES string of the molecule is COc1cc(C(=O)N2CCOCC2)ccc1Nc1ncc(Cl)c(-c2cnn(C3CC3)c2)n1. The van der Waals surface area contributed by atoms with Crippen molar-refractivity contribution in [2.45, 2.75) is 18.9 Å². The van der Waals surface area contributed by atoms with Crippen LogP contribution in [0, 0.1) is 0 Å². The molecule has 2 aliphatic rings. The van der Waals surface area contributed by atoms with Gasteiger partial charge >= 0.3 is 0 Å². The minimum Gasteiger partial charge on any atom is -0.495 e. The number of rotatable bonds is 6. The summed E-state index contributed by atoms with van der Waals surface area (Å²) >= 11 is 6.36. The zero-order valence-electron chi connectivity index (χ0n) is 17.6. The van der Waals surface area contributed by atoms with E-state index >= 15 is 0 Å². The molecule has 9 nitrogen and oxygen atoms in total. The highest BCUT2D eigenvalue weighted by molar-refractivity contribution is 6.32. The molecule has 0 radical (unpaired) electrons. The predicted molar refractivity (Wildman–Crippen MR) is 120 cm³/mol. The molecule has 0 atom stereocenters. The first kappa shape index (κ1) is 20.7. The van der Waals surface area contributed by atoms with Gasteiger partial charge in [-0.25, -0.2) is 9.97 Å². The van der Waals surface area contributed by atoms with E-state index in [0.29, 0.717) is 66.0 Å². The normalized spacial score (nSPS) is 16.1. The molecular weight excluding hydrogens is 432 g/mol. The molecule has 1 saturated heterocycles. The Hall–Kier alpha value is -3.17. The van der Waals surface area contributed by atoms with Crippen LogP contribution in [-0.4, -0.2) is 64.0 Å². The third kappa shape index (κ3) is 4.26. The van der Waals surface area contributed by atoms with Crippen molar-refractivity contribution in [3.05, 3.63) is 47.4 Å². The van der Waals surface area contributed by atoms with Crippen LogP contribution in [-0.2, 0) is 4.74 Å². The molecule has 3 heterocycles. The number of benzene rings is 1. The number of hydrogen-bond acceptors (Lipinski definition) is 7. The average molecular weight is 455 g/mol. The number of anilines is 2. The van der Waals surface area contributed by atoms with E-state index in [-0.39, 0.29) is 5.91 Å². The highest BCUT2D eigenvalue weighted by atomic mass is 35.5. The number of carbonyl (C=O) groups is 1. The van der Waals surface area contributed by atoms with Gasteiger partial charge in [-0.3, -0.25) is 9.48 Å². The topological polar surface area (TPSA) is 94.4 Å². The first-order chi connectivity index (χ1) is 15.6. The number of morpholine rings is 1. The number of nitrogens with one attached hydrogen (secondary N) is 1. The monoisotopic (exact) mass is 454 g/mol. The summed E-state index contributed by atoms with van der Waals surface area (Å²) in [6, 6.07) is 5.75. The summed E-state index contributed by atoms with van der Waals surface area (Å²) in [5.41, 5.74) is 2.65. The zero-order chi connectivity index (χ0) is 22.1. The van der Waals surface area contributed by atoms with Crippen molar-refractivity contribution in [3.63, 3.8) is 0 Å². The Balaban J connectivity index is 1.37. The molecule has 32 heavy (non-hydrogen) atoms. The van der Waals surface area contributed by atoms with Crippen LogP contribution in [0.25, 0.3) is 11.3 Å². The summed E-state index contributed by atoms with van der Waals surface area (Å²) in [5, 5.41) is 8.03. The maximum absolute atomic E-state index is 12.8. The second-order valence-electron chi connectivity index (χ2n) is 7.77. The van der Waals surface area contributed by atoms with E-state index in [2.05, 4.69) is 20.4 Å². The minimum absolute atomic E-state index is 0.0455. The van der Waals surface area contributed by atoms with Crippen LogP contribution in [0.1, 0.15) is 29.2 Å². The summed E-state index contributed by atoms with van der Waals surface area (Å²) in [6.45, 7) is 2.27. The van der Waals surface area contributed by atoms with E-state index < -0.39 is 0 Å². The van der Waals surface area contributed by atoms with E-state index in [0.717, 1.165) is 18.4 Å². The van der Waals surface area contributed by atoms with Crippen LogP contribution in [0.5, 0.6) is 5.75 Å². The second kappa shape index (κ2) is 8.76. The molecule has 2 fully saturated rings. The molecule has 0 bridgehead atoms. The van der Waals surface area contributed by atoms with Gasteiger partial charge in [0.25, 0.3) is 5.91 Å². The smallest absolute Gasteiger partial charge is 0.254 e. The van der Waals surface area contributed by atoms with Crippen molar-refractivity contribution < 1.29 is 14.3 Å². The van der Waals surface area contributed by atoms with Crippen LogP contribution in [0.4, 0.5) is 11.6 Å². The van der Waals surface area contributed by atoms with Gasteiger partial charge in [0.15, 0.2) is 0 Å². The van der Waals surface area contributed by atoms with Crippen molar-refractivity contribution in [2.24, 2.45) is 0 Å². The number of nitrogens with zero attached hydrogens (tertiary/aromatic N) is 5. The third-order valence-corrected chi connectivity index (χ3v) is 5.81. The quantitative estimate of drug-likeness (QED) is 0.608. The summed E-state index contributed by atoms with van der Waals surface area (Å²) in [6.07, 6.45) is 7.58. The van der Waals surface area contributed by atoms with Gasteiger partial charge in [0, 0.05) is 30.4 Å². The van der Waals surface area contributed by atoms with Crippen LogP contribution in [0.3, 0.4) is 0 Å². The molecule has 3 aromatic rings. The molecule has 2 aromatic heterocycles. The first-order valence-electron chi connectivity index (χ1n) is 10.5. The lowest BCUT2D eigenvalue weighted by Crippen LogP contribution is -2.40. The highest BCUT2D eigenvalue weighted by Gasteiger charge is 2.25. The molecule has 1 amide bonds. The Morgan fingerprint density at radius 2 is 2.06 bits per heavy atom. The van der Waals surface area contributed by atoms with E-state index in [4.69, 9.17) is 21.1 Å². The number of carbonyl (C=O) groups excluding carboxylic acids is 1. The molecule has 1 aliphatic heterocycles. The van der Waals surface area contributed by atoms with Crippen molar-refractivity contribution in [2.75, 3.05) is 38.7 Å². The highest BCUT2D eigenvalue weighted by Crippen LogP contribution is 2.36. The van der Waals surface area contributed by atoms with Gasteiger partial charge in [-0.05, 0) is 31.0 Å². The molecule has 1 N–H and O–H groups in total. The Morgan fingerprint density at radius 1 is 1.25 bits per heavy atom. The third-order valence-electron chi connectivity index (χ3n) is 5.53. The van der Waals surface area contributed by atoms with Crippen molar-refractivity contribution in [1.29, 1.82) is 0 Å². The van der Waals surface area contributed by atoms with Gasteiger partial charge < -0.3 is 19.7 Å². The number of halogens is 1. The average Bonchev–Trinajstić information content (AvgIpc) is 3.57. The number of hydrogen-bond donors (Lipinski definition) is 1. The lowest BCUT2D eigenvalue weighted by Gasteiger charge is -2.27. The molecule has 0 unspecified atom stereocenters. The maximum Gasteiger partial charge on any atom is 0.254 e. The van der Waals surface area contributed by atoms with Crippen LogP contribution >= 0.6 is 11.6 Å². The summed E-state index contributed by atoms with van der Waals surface area (Å²) in [7, 11) is 1.56. The molecule has 1 aromatic carbocycles. The fraction of sp³-hybridized carbons (Fsp3) is 0.364. The summed E-state index contributed by atoms with van der Waals surface area (Å²) < 4.78 is 12.8. The lowest BCUT2D eigenvalue weighted by molar-refractivity contribution is 0.0302. The maximum atomic E-state index is 12.8. The second-order valence-corrected chi connectivity index (χ2v) is 8.18. The molecule has 1 saturated carbocycles. The first-order valence-corrected chi connectivity index (χ1v) is 10.9. The molecular formula is C22H23ClN6O3. The molecule has 1 aliphatic carbocycles. The Morgan fingerprint density at radius 3 is 2.81 bits per heavy atom. The molecule has 10 heteroatoms. The van der Waals surface area contributed by atoms with Crippen molar-refractivity contribution in [1.82, 2.24) is 24.6 Å². The van der Waals surface area contributed by atoms with Gasteiger partial charge in [0.05, 0.1) is 55.2 Å². The number of ether oxygens (including phenoxy) is 2. The van der Waals surface area contributed by atoms with Gasteiger partial charge in [-0.15, -0.1) is 0 Å². The molecule has 0 spiro atoms. The molecule has 166 valence electrons. The fourth-order valence-electron chi connectivity index (χ4n) is 3.63. The van der Waals surface area contributed by atoms with Crippen LogP contribution in [0.15, 0.2) is 36.8 Å². The minimum atomic E-state index is -0.0455. The van der Waals surface area contributed by atoms with Crippen LogP contribution in [0.2, 0.25) is 5.02 Å². The van der Waals surface area contributed by atoms with E-state index in [1.807, 2.05) is 10.9 Å². The Bertz CT molecular complexity index is 1140. The van der Waals surface area contributed by atoms with Crippen molar-refractivity contribution >= 4 is 29.1 Å². The van der Waals surface area contributed by atoms with Gasteiger partial charge in [-0.2, -0.15) is 5.10 Å². The van der Waals surface area contributed by atoms with Gasteiger partial charge in [0.1, 0.15) is 5.75 Å². The number of aromatic nitrogens is 4. The van der Waals surface area contributed by atoms with Crippen molar-refractivity contribution in [3.8, 4) is 17.0 Å². The largest absolute Gasteiger partial charge is 0.495 e. The number of amides is 1. The van der Waals surface area contributed by atoms with Gasteiger partial charge in [0.2, 0.25) is 5.95 Å². The zero-order valence-corrected chi connectivity index (χ0v) is 18.4. The standard InChI is InChI=1S/C22H23ClN6O3/c1-31-19-10-14(21(30)28-6-8-32-9-7-28)2-5-18(19)26-22-24-12-17(23)20(27-22)15-11-25-29(13-15)16-3-4-16/h2,5,10-13,16H,3-4,6-9H2,1H3,(H,24,26,27). The van der Waals surface area contributed by atoms with E-state index in [1.165, 1.54) is 0 Å². The number of methoxy groups -OCH3 is 1. The Labute approximate surface area is 190 Å². The van der Waals surface area contributed by atoms with E-state index in [1.54, 1.807) is 42.6 Å². The van der Waals surface area contributed by atoms with Crippen LogP contribution < -0.4 is 10.1 Å². The van der Waals surface area contributed by atoms with Gasteiger partial charge in [-0.1, -0.05) is 11.6 Å². The summed E-state index contributed by atoms with van der Waals surface area (Å²) in [5.74, 6) is 0.843. The fourth-order valence-corrected chi connectivity index (χ4v) is 3.83. The molecule has 5 rings (SSSR count). The Kier molecular flexibility index (Phi) is 5.67. The summed E-state index contributed by atoms with van der Waals surface area (Å²) in [4.78, 5) is 23.4.